The van der Waals surface area contributed by atoms with Crippen LogP contribution < -0.4 is 4.74 Å². The maximum Gasteiger partial charge on any atom is 0.213 e. The van der Waals surface area contributed by atoms with E-state index in [0.29, 0.717) is 19.0 Å². The Balaban J connectivity index is 2.15. The number of ether oxygens (including phenoxy) is 1. The number of benzene rings is 1. The molecule has 0 aliphatic heterocycles. The highest BCUT2D eigenvalue weighted by molar-refractivity contribution is 6.20. The molecule has 0 amide bonds. The molecule has 0 N–H and O–H groups in total. The molecule has 0 saturated carbocycles. The summed E-state index contributed by atoms with van der Waals surface area (Å²) in [6.45, 7) is 4.87. The minimum Gasteiger partial charge on any atom is -0.492 e. The molecule has 3 aromatic rings. The zero-order chi connectivity index (χ0) is 14.8. The van der Waals surface area contributed by atoms with Gasteiger partial charge in [-0.25, -0.2) is 4.98 Å². The van der Waals surface area contributed by atoms with E-state index in [0.717, 1.165) is 22.6 Å². The molecule has 6 nitrogen and oxygen atoms in total. The number of hydrogen-bond acceptors (Lipinski definition) is 5. The van der Waals surface area contributed by atoms with Crippen LogP contribution in [-0.4, -0.2) is 26.3 Å². The molecule has 0 fully saturated rings. The third kappa shape index (κ3) is 2.58. The minimum absolute atomic E-state index is 0.237. The number of fused-ring (bicyclic) bond motifs is 1. The summed E-state index contributed by atoms with van der Waals surface area (Å²) in [5.74, 6) is 2.08. The van der Waals surface area contributed by atoms with Gasteiger partial charge in [-0.15, -0.1) is 11.6 Å². The summed E-state index contributed by atoms with van der Waals surface area (Å²) in [7, 11) is 0. The van der Waals surface area contributed by atoms with Crippen LogP contribution in [0.2, 0.25) is 0 Å². The van der Waals surface area contributed by atoms with Gasteiger partial charge in [-0.3, -0.25) is 0 Å². The standard InChI is InChI=1S/C14H15ClN4O2/c1-3-20-11-6-4-5-10-13(11)17-14(9(2)15)19(10)7-12-16-8-21-18-12/h4-6,8-9H,3,7H2,1-2H3. The predicted molar refractivity (Wildman–Crippen MR) is 78.6 cm³/mol. The van der Waals surface area contributed by atoms with Crippen molar-refractivity contribution >= 4 is 22.6 Å². The number of nitrogens with zero attached hydrogens (tertiary/aromatic N) is 4. The monoisotopic (exact) mass is 306 g/mol. The topological polar surface area (TPSA) is 66.0 Å². The molecular formula is C14H15ClN4O2. The fourth-order valence-corrected chi connectivity index (χ4v) is 2.45. The second-order valence-corrected chi connectivity index (χ2v) is 5.23. The quantitative estimate of drug-likeness (QED) is 0.677. The second-order valence-electron chi connectivity index (χ2n) is 4.58. The van der Waals surface area contributed by atoms with Gasteiger partial charge in [0.2, 0.25) is 6.39 Å². The van der Waals surface area contributed by atoms with Gasteiger partial charge in [0.15, 0.2) is 5.82 Å². The molecule has 2 heterocycles. The molecular weight excluding hydrogens is 292 g/mol. The molecule has 1 unspecified atom stereocenters. The number of aromatic nitrogens is 4. The summed E-state index contributed by atoms with van der Waals surface area (Å²) in [6.07, 6.45) is 1.31. The second kappa shape index (κ2) is 5.73. The average molecular weight is 307 g/mol. The van der Waals surface area contributed by atoms with Gasteiger partial charge in [0.05, 0.1) is 24.0 Å². The van der Waals surface area contributed by atoms with Gasteiger partial charge in [0, 0.05) is 0 Å². The van der Waals surface area contributed by atoms with E-state index in [4.69, 9.17) is 20.9 Å². The molecule has 2 aromatic heterocycles. The van der Waals surface area contributed by atoms with Gasteiger partial charge < -0.3 is 13.8 Å². The Morgan fingerprint density at radius 2 is 2.29 bits per heavy atom. The molecule has 1 atom stereocenters. The highest BCUT2D eigenvalue weighted by atomic mass is 35.5. The molecule has 21 heavy (non-hydrogen) atoms. The van der Waals surface area contributed by atoms with Gasteiger partial charge in [0.1, 0.15) is 17.1 Å². The number of halogens is 1. The van der Waals surface area contributed by atoms with Crippen molar-refractivity contribution < 1.29 is 9.26 Å². The van der Waals surface area contributed by atoms with Crippen LogP contribution in [0.3, 0.4) is 0 Å². The first-order valence-corrected chi connectivity index (χ1v) is 7.15. The predicted octanol–water partition coefficient (Wildman–Crippen LogP) is 3.17. The van der Waals surface area contributed by atoms with Crippen molar-refractivity contribution in [3.8, 4) is 5.75 Å². The lowest BCUT2D eigenvalue weighted by Crippen LogP contribution is -2.06. The Hall–Kier alpha value is -2.08. The van der Waals surface area contributed by atoms with E-state index in [2.05, 4.69) is 15.1 Å². The summed E-state index contributed by atoms with van der Waals surface area (Å²) in [5.41, 5.74) is 1.73. The zero-order valence-corrected chi connectivity index (χ0v) is 12.5. The highest BCUT2D eigenvalue weighted by Crippen LogP contribution is 2.30. The first kappa shape index (κ1) is 13.9. The van der Waals surface area contributed by atoms with E-state index in [1.54, 1.807) is 0 Å². The van der Waals surface area contributed by atoms with Crippen molar-refractivity contribution in [3.05, 3.63) is 36.2 Å². The average Bonchev–Trinajstić information content (AvgIpc) is 3.09. The SMILES string of the molecule is CCOc1cccc2c1nc(C(C)Cl)n2Cc1ncon1. The van der Waals surface area contributed by atoms with E-state index in [1.165, 1.54) is 6.39 Å². The van der Waals surface area contributed by atoms with Crippen LogP contribution in [0.5, 0.6) is 5.75 Å². The lowest BCUT2D eigenvalue weighted by atomic mass is 10.3. The van der Waals surface area contributed by atoms with Crippen molar-refractivity contribution in [1.29, 1.82) is 0 Å². The van der Waals surface area contributed by atoms with Gasteiger partial charge in [-0.2, -0.15) is 4.98 Å². The first-order chi connectivity index (χ1) is 10.2. The summed E-state index contributed by atoms with van der Waals surface area (Å²) >= 11 is 6.26. The molecule has 0 radical (unpaired) electrons. The van der Waals surface area contributed by atoms with Crippen molar-refractivity contribution in [2.45, 2.75) is 25.8 Å². The molecule has 0 spiro atoms. The van der Waals surface area contributed by atoms with Gasteiger partial charge >= 0.3 is 0 Å². The highest BCUT2D eigenvalue weighted by Gasteiger charge is 2.18. The van der Waals surface area contributed by atoms with E-state index >= 15 is 0 Å². The molecule has 3 rings (SSSR count). The van der Waals surface area contributed by atoms with Crippen molar-refractivity contribution in [3.63, 3.8) is 0 Å². The molecule has 110 valence electrons. The molecule has 0 saturated heterocycles. The van der Waals surface area contributed by atoms with Crippen LogP contribution in [0, 0.1) is 0 Å². The number of imidazole rings is 1. The largest absolute Gasteiger partial charge is 0.492 e. The number of alkyl halides is 1. The number of rotatable bonds is 5. The molecule has 7 heteroatoms. The Morgan fingerprint density at radius 3 is 2.95 bits per heavy atom. The first-order valence-electron chi connectivity index (χ1n) is 6.72. The van der Waals surface area contributed by atoms with Gasteiger partial charge in [-0.05, 0) is 26.0 Å². The minimum atomic E-state index is -0.237. The molecule has 0 aliphatic rings. The summed E-state index contributed by atoms with van der Waals surface area (Å²) in [6, 6.07) is 5.82. The van der Waals surface area contributed by atoms with Gasteiger partial charge in [0.25, 0.3) is 0 Å². The zero-order valence-electron chi connectivity index (χ0n) is 11.8. The van der Waals surface area contributed by atoms with Crippen LogP contribution in [-0.2, 0) is 6.54 Å². The maximum atomic E-state index is 6.26. The lowest BCUT2D eigenvalue weighted by Gasteiger charge is -2.08. The van der Waals surface area contributed by atoms with E-state index in [9.17, 15) is 0 Å². The fraction of sp³-hybridized carbons (Fsp3) is 0.357. The normalized spacial score (nSPS) is 12.7. The summed E-state index contributed by atoms with van der Waals surface area (Å²) < 4.78 is 12.4. The number of para-hydroxylation sites is 1. The summed E-state index contributed by atoms with van der Waals surface area (Å²) in [4.78, 5) is 8.69. The van der Waals surface area contributed by atoms with Crippen LogP contribution in [0.25, 0.3) is 11.0 Å². The maximum absolute atomic E-state index is 6.26. The number of hydrogen-bond donors (Lipinski definition) is 0. The lowest BCUT2D eigenvalue weighted by molar-refractivity contribution is 0.343. The van der Waals surface area contributed by atoms with Crippen LogP contribution in [0.15, 0.2) is 29.1 Å². The van der Waals surface area contributed by atoms with Crippen molar-refractivity contribution in [1.82, 2.24) is 19.7 Å². The Morgan fingerprint density at radius 1 is 1.43 bits per heavy atom. The van der Waals surface area contributed by atoms with E-state index in [-0.39, 0.29) is 5.38 Å². The third-order valence-corrected chi connectivity index (χ3v) is 3.33. The van der Waals surface area contributed by atoms with Crippen LogP contribution >= 0.6 is 11.6 Å². The van der Waals surface area contributed by atoms with Gasteiger partial charge in [-0.1, -0.05) is 11.2 Å². The van der Waals surface area contributed by atoms with E-state index < -0.39 is 0 Å². The molecule has 0 aliphatic carbocycles. The third-order valence-electron chi connectivity index (χ3n) is 3.13. The smallest absolute Gasteiger partial charge is 0.213 e. The van der Waals surface area contributed by atoms with Crippen LogP contribution in [0.1, 0.15) is 30.9 Å². The Bertz CT molecular complexity index is 737. The Kier molecular flexibility index (Phi) is 3.79. The summed E-state index contributed by atoms with van der Waals surface area (Å²) in [5, 5.41) is 3.61. The molecule has 1 aromatic carbocycles. The fourth-order valence-electron chi connectivity index (χ4n) is 2.28. The molecule has 0 bridgehead atoms. The van der Waals surface area contributed by atoms with Crippen molar-refractivity contribution in [2.75, 3.05) is 6.61 Å². The van der Waals surface area contributed by atoms with Crippen LogP contribution in [0.4, 0.5) is 0 Å². The van der Waals surface area contributed by atoms with E-state index in [1.807, 2.05) is 36.6 Å². The Labute approximate surface area is 126 Å². The van der Waals surface area contributed by atoms with Crippen molar-refractivity contribution in [2.24, 2.45) is 0 Å².